The van der Waals surface area contributed by atoms with Gasteiger partial charge in [-0.1, -0.05) is 60.7 Å². The molecule has 1 unspecified atom stereocenters. The van der Waals surface area contributed by atoms with Crippen LogP contribution in [0.1, 0.15) is 73.1 Å². The first-order chi connectivity index (χ1) is 21.5. The minimum absolute atomic E-state index is 0.601. The molecule has 1 aliphatic carbocycles. The first-order valence-corrected chi connectivity index (χ1v) is 22.7. The van der Waals surface area contributed by atoms with Crippen molar-refractivity contribution < 1.29 is 17.4 Å². The average Bonchev–Trinajstić information content (AvgIpc) is 3.27. The molecule has 0 amide bonds. The zero-order valence-corrected chi connectivity index (χ0v) is 30.4. The molecule has 0 saturated heterocycles. The van der Waals surface area contributed by atoms with E-state index < -0.39 is 24.0 Å². The molecule has 0 fully saturated rings. The summed E-state index contributed by atoms with van der Waals surface area (Å²) in [5.74, 6) is 0.601. The molecule has 3 heteroatoms. The molecule has 4 aromatic carbocycles. The van der Waals surface area contributed by atoms with Gasteiger partial charge in [-0.2, -0.15) is 0 Å². The quantitative estimate of drug-likeness (QED) is 0.114. The van der Waals surface area contributed by atoms with E-state index in [1.54, 1.807) is 27.1 Å². The van der Waals surface area contributed by atoms with E-state index >= 15 is 0 Å². The van der Waals surface area contributed by atoms with Crippen molar-refractivity contribution in [2.24, 2.45) is 5.92 Å². The summed E-state index contributed by atoms with van der Waals surface area (Å²) in [4.78, 5) is 0. The molecule has 0 bridgehead atoms. The minimum atomic E-state index is -1.75. The van der Waals surface area contributed by atoms with E-state index in [1.807, 2.05) is 16.0 Å². The average molecular weight is 635 g/mol. The molecule has 1 nitrogen and oxygen atoms in total. The van der Waals surface area contributed by atoms with Crippen molar-refractivity contribution >= 4 is 17.0 Å². The summed E-state index contributed by atoms with van der Waals surface area (Å²) in [6.07, 6.45) is 8.18. The van der Waals surface area contributed by atoms with Gasteiger partial charge in [0.2, 0.25) is 0 Å². The van der Waals surface area contributed by atoms with Gasteiger partial charge in [0, 0.05) is 0 Å². The smallest absolute Gasteiger partial charge is 0.0184 e. The molecule has 0 heterocycles. The molecule has 0 spiro atoms. The Morgan fingerprint density at radius 3 is 1.43 bits per heavy atom. The van der Waals surface area contributed by atoms with Gasteiger partial charge in [-0.25, -0.2) is 0 Å². The van der Waals surface area contributed by atoms with Gasteiger partial charge in [0.05, 0.1) is 0 Å². The normalized spacial score (nSPS) is 14.5. The summed E-state index contributed by atoms with van der Waals surface area (Å²) in [5, 5.41) is 3.22. The van der Waals surface area contributed by atoms with E-state index in [9.17, 15) is 0 Å². The van der Waals surface area contributed by atoms with Crippen LogP contribution in [0.25, 0.3) is 11.1 Å². The van der Waals surface area contributed by atoms with E-state index in [-0.39, 0.29) is 0 Å². The van der Waals surface area contributed by atoms with Gasteiger partial charge in [0.25, 0.3) is 0 Å². The molecular formula is C41H52NSiTi. The van der Waals surface area contributed by atoms with Crippen LogP contribution >= 0.6 is 0 Å². The molecule has 0 radical (unpaired) electrons. The fourth-order valence-corrected chi connectivity index (χ4v) is 22.0. The van der Waals surface area contributed by atoms with E-state index in [4.69, 9.17) is 0 Å². The van der Waals surface area contributed by atoms with Crippen molar-refractivity contribution in [1.82, 2.24) is 3.80 Å². The number of unbranched alkanes of at least 4 members (excludes halogenated alkanes) is 5. The summed E-state index contributed by atoms with van der Waals surface area (Å²) < 4.78 is 6.11. The van der Waals surface area contributed by atoms with Crippen LogP contribution in [0.2, 0.25) is 0 Å². The zero-order chi connectivity index (χ0) is 31.1. The summed E-state index contributed by atoms with van der Waals surface area (Å²) in [6.45, 7) is 11.7. The van der Waals surface area contributed by atoms with Gasteiger partial charge in [0.15, 0.2) is 0 Å². The Kier molecular flexibility index (Phi) is 14.2. The second kappa shape index (κ2) is 18.3. The van der Waals surface area contributed by atoms with Gasteiger partial charge < -0.3 is 0 Å². The topological polar surface area (TPSA) is 12.0 Å². The van der Waals surface area contributed by atoms with Gasteiger partial charge in [0.1, 0.15) is 0 Å². The largest absolute Gasteiger partial charge is 0.0622 e. The van der Waals surface area contributed by atoms with Crippen LogP contribution in [0.3, 0.4) is 0 Å². The molecule has 1 N–H and O–H groups in total. The molecule has 1 aliphatic rings. The first-order valence-electron chi connectivity index (χ1n) is 16.7. The van der Waals surface area contributed by atoms with Crippen molar-refractivity contribution in [1.29, 1.82) is 0 Å². The number of nitrogens with one attached hydrogen (secondary N) is 1. The molecule has 0 aliphatic heterocycles. The molecule has 229 valence electrons. The number of hydrogen-bond donors (Lipinski definition) is 1. The monoisotopic (exact) mass is 634 g/mol. The van der Waals surface area contributed by atoms with Crippen LogP contribution in [0.4, 0.5) is 0 Å². The van der Waals surface area contributed by atoms with E-state index in [1.165, 1.54) is 56.2 Å². The summed E-state index contributed by atoms with van der Waals surface area (Å²) in [6, 6.07) is 43.7. The number of hydrogen-bond acceptors (Lipinski definition) is 1. The Hall–Kier alpha value is -2.75. The number of rotatable bonds is 13. The van der Waals surface area contributed by atoms with Crippen molar-refractivity contribution in [3.63, 3.8) is 0 Å². The number of benzene rings is 4. The van der Waals surface area contributed by atoms with E-state index in [0.717, 1.165) is 0 Å². The maximum absolute atomic E-state index is 4.30. The standard InChI is InChI=1S/C12H11Si.C12H10.C9H13.C8H18N.Ti/c1-3-7-11(8-4-1)13-12-9-5-2-6-10-12;1-3-7-11(8-4-1)12-9-5-2-6-10-12;1-6-5-7(2)9(4)8(6)3;1-2-3-4-5-6-7-8-9;/h1-10,13H;1-10H;6H,1-4H3;9H,2-8H2,1H3;/q;;;-1;+1. The Morgan fingerprint density at radius 2 is 1.00 bits per heavy atom. The molecule has 0 saturated carbocycles. The van der Waals surface area contributed by atoms with Crippen LogP contribution in [-0.2, 0) is 17.4 Å². The fraction of sp³-hybridized carbons (Fsp3) is 0.317. The number of allylic oxidation sites excluding steroid dienone is 4. The zero-order valence-electron chi connectivity index (χ0n) is 27.7. The summed E-state index contributed by atoms with van der Waals surface area (Å²) in [7, 11) is 0. The van der Waals surface area contributed by atoms with Crippen molar-refractivity contribution in [3.05, 3.63) is 142 Å². The predicted octanol–water partition coefficient (Wildman–Crippen LogP) is 9.62. The van der Waals surface area contributed by atoms with Gasteiger partial charge in [-0.3, -0.25) is 0 Å². The van der Waals surface area contributed by atoms with E-state index in [0.29, 0.717) is 5.92 Å². The van der Waals surface area contributed by atoms with Crippen LogP contribution in [0, 0.1) is 5.92 Å². The SMILES string of the molecule is CCCCCCCC[NH][Ti]([C]1=C(C)C(C)=C(C)C1C)[SiH](c1ccccc1)c1ccccc1.c1ccc(-c2ccccc2)cc1. The molecule has 0 aromatic heterocycles. The van der Waals surface area contributed by atoms with Gasteiger partial charge in [-0.05, 0) is 11.1 Å². The molecule has 4 aromatic rings. The van der Waals surface area contributed by atoms with Crippen LogP contribution in [0.5, 0.6) is 0 Å². The van der Waals surface area contributed by atoms with E-state index in [2.05, 4.69) is 148 Å². The second-order valence-corrected chi connectivity index (χ2v) is 22.1. The Labute approximate surface area is 275 Å². The third-order valence-corrected chi connectivity index (χ3v) is 23.0. The molecule has 1 atom stereocenters. The molecule has 44 heavy (non-hydrogen) atoms. The van der Waals surface area contributed by atoms with Gasteiger partial charge >= 0.3 is 205 Å². The second-order valence-electron chi connectivity index (χ2n) is 12.2. The third-order valence-electron chi connectivity index (χ3n) is 9.21. The van der Waals surface area contributed by atoms with Crippen LogP contribution < -0.4 is 14.2 Å². The Bertz CT molecular complexity index is 1370. The molecular weight excluding hydrogens is 582 g/mol. The van der Waals surface area contributed by atoms with Crippen molar-refractivity contribution in [3.8, 4) is 11.1 Å². The summed E-state index contributed by atoms with van der Waals surface area (Å²) in [5.41, 5.74) is 7.30. The van der Waals surface area contributed by atoms with Crippen molar-refractivity contribution in [2.45, 2.75) is 73.1 Å². The maximum Gasteiger partial charge on any atom is -0.0184 e. The third kappa shape index (κ3) is 9.38. The minimum Gasteiger partial charge on any atom is -0.0622 e. The summed E-state index contributed by atoms with van der Waals surface area (Å²) >= 11 is -1.75. The first kappa shape index (κ1) is 34.1. The Balaban J connectivity index is 0.000000305. The molecule has 5 rings (SSSR count). The predicted molar refractivity (Wildman–Crippen MR) is 193 cm³/mol. The van der Waals surface area contributed by atoms with Crippen LogP contribution in [0.15, 0.2) is 142 Å². The van der Waals surface area contributed by atoms with Gasteiger partial charge in [-0.15, -0.1) is 0 Å². The maximum atomic E-state index is 4.30. The Morgan fingerprint density at radius 1 is 0.568 bits per heavy atom. The van der Waals surface area contributed by atoms with Crippen LogP contribution in [-0.4, -0.2) is 13.2 Å². The fourth-order valence-electron chi connectivity index (χ4n) is 6.36. The van der Waals surface area contributed by atoms with Crippen molar-refractivity contribution in [2.75, 3.05) is 6.54 Å².